The second-order valence-electron chi connectivity index (χ2n) is 5.66. The van der Waals surface area contributed by atoms with Gasteiger partial charge in [0.05, 0.1) is 6.10 Å². The van der Waals surface area contributed by atoms with Crippen LogP contribution in [0, 0.1) is 10.8 Å². The Labute approximate surface area is 80.5 Å². The van der Waals surface area contributed by atoms with Crippen LogP contribution < -0.4 is 0 Å². The van der Waals surface area contributed by atoms with Crippen LogP contribution in [0.2, 0.25) is 0 Å². The summed E-state index contributed by atoms with van der Waals surface area (Å²) in [4.78, 5) is 0. The molecule has 0 aliphatic heterocycles. The van der Waals surface area contributed by atoms with Gasteiger partial charge < -0.3 is 5.11 Å². The van der Waals surface area contributed by atoms with E-state index in [0.29, 0.717) is 10.8 Å². The topological polar surface area (TPSA) is 20.2 Å². The molecule has 0 saturated heterocycles. The highest BCUT2D eigenvalue weighted by Crippen LogP contribution is 2.70. The first kappa shape index (κ1) is 8.28. The second-order valence-corrected chi connectivity index (χ2v) is 5.66. The minimum atomic E-state index is 0.0338. The third-order valence-corrected chi connectivity index (χ3v) is 5.35. The van der Waals surface area contributed by atoms with Crippen molar-refractivity contribution in [3.63, 3.8) is 0 Å². The third kappa shape index (κ3) is 0.918. The normalized spacial score (nSPS) is 54.7. The van der Waals surface area contributed by atoms with Gasteiger partial charge in [0.2, 0.25) is 0 Å². The van der Waals surface area contributed by atoms with Gasteiger partial charge in [0.1, 0.15) is 0 Å². The number of aliphatic hydroxyl groups excluding tert-OH is 1. The van der Waals surface area contributed by atoms with E-state index < -0.39 is 0 Å². The van der Waals surface area contributed by atoms with E-state index in [4.69, 9.17) is 0 Å². The van der Waals surface area contributed by atoms with Crippen molar-refractivity contribution in [1.82, 2.24) is 0 Å². The van der Waals surface area contributed by atoms with Gasteiger partial charge in [0.25, 0.3) is 0 Å². The van der Waals surface area contributed by atoms with E-state index in [0.717, 1.165) is 12.8 Å². The summed E-state index contributed by atoms with van der Waals surface area (Å²) in [6, 6.07) is 0. The van der Waals surface area contributed by atoms with Crippen LogP contribution >= 0.6 is 0 Å². The molecule has 0 aromatic carbocycles. The van der Waals surface area contributed by atoms with Crippen molar-refractivity contribution in [1.29, 1.82) is 0 Å². The molecule has 3 aliphatic rings. The Morgan fingerprint density at radius 3 is 2.23 bits per heavy atom. The molecule has 0 bridgehead atoms. The third-order valence-electron chi connectivity index (χ3n) is 5.35. The minimum absolute atomic E-state index is 0.0338. The van der Waals surface area contributed by atoms with Crippen LogP contribution in [-0.2, 0) is 0 Å². The maximum atomic E-state index is 9.76. The summed E-state index contributed by atoms with van der Waals surface area (Å²) >= 11 is 0. The zero-order valence-electron chi connectivity index (χ0n) is 8.39. The number of aliphatic hydroxyl groups is 1. The van der Waals surface area contributed by atoms with Crippen LogP contribution in [0.1, 0.15) is 57.8 Å². The molecule has 0 radical (unpaired) electrons. The fourth-order valence-electron chi connectivity index (χ4n) is 4.47. The molecule has 0 aromatic rings. The molecule has 3 aliphatic carbocycles. The van der Waals surface area contributed by atoms with Crippen LogP contribution in [0.5, 0.6) is 0 Å². The van der Waals surface area contributed by atoms with Gasteiger partial charge in [-0.2, -0.15) is 0 Å². The van der Waals surface area contributed by atoms with Gasteiger partial charge in [-0.05, 0) is 55.8 Å². The van der Waals surface area contributed by atoms with E-state index in [1.54, 1.807) is 0 Å². The molecule has 1 heteroatoms. The van der Waals surface area contributed by atoms with Crippen molar-refractivity contribution in [3.8, 4) is 0 Å². The van der Waals surface area contributed by atoms with Crippen LogP contribution in [0.3, 0.4) is 0 Å². The SMILES string of the molecule is O[C@H]1CC[C@]23CCCC[C@]2(CC3)C1. The van der Waals surface area contributed by atoms with Gasteiger partial charge in [-0.25, -0.2) is 0 Å². The molecule has 13 heavy (non-hydrogen) atoms. The van der Waals surface area contributed by atoms with E-state index in [1.807, 2.05) is 0 Å². The Balaban J connectivity index is 1.89. The summed E-state index contributed by atoms with van der Waals surface area (Å²) in [7, 11) is 0. The first-order valence-corrected chi connectivity index (χ1v) is 5.95. The van der Waals surface area contributed by atoms with Gasteiger partial charge in [-0.15, -0.1) is 0 Å². The summed E-state index contributed by atoms with van der Waals surface area (Å²) in [6.45, 7) is 0. The van der Waals surface area contributed by atoms with Gasteiger partial charge in [-0.1, -0.05) is 12.8 Å². The van der Waals surface area contributed by atoms with Gasteiger partial charge >= 0.3 is 0 Å². The molecule has 1 N–H and O–H groups in total. The molecule has 3 fully saturated rings. The van der Waals surface area contributed by atoms with Crippen LogP contribution in [0.15, 0.2) is 0 Å². The molecule has 0 heterocycles. The Morgan fingerprint density at radius 2 is 1.54 bits per heavy atom. The van der Waals surface area contributed by atoms with Crippen LogP contribution in [-0.4, -0.2) is 11.2 Å². The molecule has 0 spiro atoms. The lowest BCUT2D eigenvalue weighted by Gasteiger charge is -2.66. The lowest BCUT2D eigenvalue weighted by Crippen LogP contribution is -2.57. The lowest BCUT2D eigenvalue weighted by molar-refractivity contribution is -0.175. The molecule has 0 amide bonds. The predicted octanol–water partition coefficient (Wildman–Crippen LogP) is 2.87. The molecule has 3 rings (SSSR count). The number of rotatable bonds is 0. The van der Waals surface area contributed by atoms with Gasteiger partial charge in [-0.3, -0.25) is 0 Å². The largest absolute Gasteiger partial charge is 0.393 e. The maximum Gasteiger partial charge on any atom is 0.0546 e. The lowest BCUT2D eigenvalue weighted by atomic mass is 9.39. The fourth-order valence-corrected chi connectivity index (χ4v) is 4.47. The predicted molar refractivity (Wildman–Crippen MR) is 52.4 cm³/mol. The Bertz CT molecular complexity index is 225. The summed E-state index contributed by atoms with van der Waals surface area (Å²) in [6.07, 6.45) is 12.2. The van der Waals surface area contributed by atoms with E-state index in [9.17, 15) is 5.11 Å². The van der Waals surface area contributed by atoms with Gasteiger partial charge in [0.15, 0.2) is 0 Å². The van der Waals surface area contributed by atoms with Crippen molar-refractivity contribution in [2.45, 2.75) is 63.9 Å². The van der Waals surface area contributed by atoms with Gasteiger partial charge in [0, 0.05) is 0 Å². The minimum Gasteiger partial charge on any atom is -0.393 e. The van der Waals surface area contributed by atoms with Crippen molar-refractivity contribution in [2.75, 3.05) is 0 Å². The maximum absolute atomic E-state index is 9.76. The van der Waals surface area contributed by atoms with Crippen molar-refractivity contribution < 1.29 is 5.11 Å². The highest BCUT2D eigenvalue weighted by Gasteiger charge is 2.60. The van der Waals surface area contributed by atoms with E-state index in [-0.39, 0.29) is 6.10 Å². The Hall–Kier alpha value is -0.0400. The average Bonchev–Trinajstić information content (AvgIpc) is 2.11. The van der Waals surface area contributed by atoms with Crippen molar-refractivity contribution in [2.24, 2.45) is 10.8 Å². The molecule has 1 nitrogen and oxygen atoms in total. The summed E-state index contributed by atoms with van der Waals surface area (Å²) in [5.74, 6) is 0. The van der Waals surface area contributed by atoms with Crippen molar-refractivity contribution >= 4 is 0 Å². The molecule has 74 valence electrons. The zero-order valence-corrected chi connectivity index (χ0v) is 8.39. The average molecular weight is 180 g/mol. The molecule has 3 atom stereocenters. The Kier molecular flexibility index (Phi) is 1.59. The zero-order chi connectivity index (χ0) is 8.94. The molecule has 3 saturated carbocycles. The molecular weight excluding hydrogens is 160 g/mol. The number of hydrogen-bond acceptors (Lipinski definition) is 1. The van der Waals surface area contributed by atoms with Crippen LogP contribution in [0.4, 0.5) is 0 Å². The first-order valence-electron chi connectivity index (χ1n) is 5.95. The highest BCUT2D eigenvalue weighted by molar-refractivity contribution is 5.11. The monoisotopic (exact) mass is 180 g/mol. The fraction of sp³-hybridized carbons (Fsp3) is 1.00. The second kappa shape index (κ2) is 2.50. The standard InChI is InChI=1S/C12H20O/c13-10-3-6-11-4-1-2-5-12(11,9-10)8-7-11/h10,13H,1-9H2/t10-,11-,12-/m0/s1. The smallest absolute Gasteiger partial charge is 0.0546 e. The number of hydrogen-bond donors (Lipinski definition) is 1. The summed E-state index contributed by atoms with van der Waals surface area (Å²) < 4.78 is 0. The molecule has 0 aromatic heterocycles. The highest BCUT2D eigenvalue weighted by atomic mass is 16.3. The van der Waals surface area contributed by atoms with Crippen LogP contribution in [0.25, 0.3) is 0 Å². The quantitative estimate of drug-likeness (QED) is 0.607. The Morgan fingerprint density at radius 1 is 0.846 bits per heavy atom. The van der Waals surface area contributed by atoms with Crippen molar-refractivity contribution in [3.05, 3.63) is 0 Å². The molecule has 0 unspecified atom stereocenters. The van der Waals surface area contributed by atoms with E-state index >= 15 is 0 Å². The molecular formula is C12H20O. The van der Waals surface area contributed by atoms with E-state index in [1.165, 1.54) is 44.9 Å². The van der Waals surface area contributed by atoms with E-state index in [2.05, 4.69) is 0 Å². The first-order chi connectivity index (χ1) is 6.27. The summed E-state index contributed by atoms with van der Waals surface area (Å²) in [5.41, 5.74) is 1.33. The summed E-state index contributed by atoms with van der Waals surface area (Å²) in [5, 5.41) is 9.76.